The molecule has 0 aliphatic rings. The van der Waals surface area contributed by atoms with E-state index in [-0.39, 0.29) is 0 Å². The summed E-state index contributed by atoms with van der Waals surface area (Å²) in [7, 11) is 0. The number of hydrogen-bond acceptors (Lipinski definition) is 7. The van der Waals surface area contributed by atoms with Crippen LogP contribution in [0.15, 0.2) is 28.3 Å². The quantitative estimate of drug-likeness (QED) is 0.489. The average Bonchev–Trinajstić information content (AvgIpc) is 2.81. The van der Waals surface area contributed by atoms with Gasteiger partial charge in [0, 0.05) is 17.0 Å². The summed E-state index contributed by atoms with van der Waals surface area (Å²) in [5.74, 6) is 6.15. The van der Waals surface area contributed by atoms with Crippen LogP contribution in [0.5, 0.6) is 0 Å². The second-order valence-electron chi connectivity index (χ2n) is 4.20. The van der Waals surface area contributed by atoms with Crippen molar-refractivity contribution in [1.82, 2.24) is 14.9 Å². The van der Waals surface area contributed by atoms with Gasteiger partial charge in [0.15, 0.2) is 5.82 Å². The maximum atomic E-state index is 12.0. The predicted octanol–water partition coefficient (Wildman–Crippen LogP) is 1.46. The summed E-state index contributed by atoms with van der Waals surface area (Å²) in [6.07, 6.45) is 0.677. The van der Waals surface area contributed by atoms with Crippen LogP contribution in [0, 0.1) is 0 Å². The number of rotatable bonds is 5. The minimum absolute atomic E-state index is 0.296. The summed E-state index contributed by atoms with van der Waals surface area (Å²) >= 11 is 1.25. The standard InChI is InChI=1S/C13H17N5O2S/c1-3-11-16-17-13(18(11)15)21-10-6-5-8(14)7-9(10)12(19)20-4-2/h5-7H,3-4,14-15H2,1-2H3. The summed E-state index contributed by atoms with van der Waals surface area (Å²) in [6.45, 7) is 3.99. The normalized spacial score (nSPS) is 10.6. The van der Waals surface area contributed by atoms with Gasteiger partial charge in [0.2, 0.25) is 5.16 Å². The van der Waals surface area contributed by atoms with Crippen molar-refractivity contribution >= 4 is 23.4 Å². The van der Waals surface area contributed by atoms with E-state index >= 15 is 0 Å². The topological polar surface area (TPSA) is 109 Å². The molecule has 8 heteroatoms. The first-order chi connectivity index (χ1) is 10.1. The number of hydrogen-bond donors (Lipinski definition) is 2. The van der Waals surface area contributed by atoms with Crippen LogP contribution in [0.25, 0.3) is 0 Å². The number of nitrogens with two attached hydrogens (primary N) is 2. The number of esters is 1. The van der Waals surface area contributed by atoms with Crippen molar-refractivity contribution < 1.29 is 9.53 Å². The first-order valence-corrected chi connectivity index (χ1v) is 7.32. The minimum atomic E-state index is -0.425. The molecule has 1 heterocycles. The molecule has 0 unspecified atom stereocenters. The Hall–Kier alpha value is -2.22. The minimum Gasteiger partial charge on any atom is -0.462 e. The van der Waals surface area contributed by atoms with E-state index < -0.39 is 5.97 Å². The highest BCUT2D eigenvalue weighted by molar-refractivity contribution is 7.99. The molecule has 1 aromatic carbocycles. The molecule has 0 amide bonds. The molecule has 4 N–H and O–H groups in total. The van der Waals surface area contributed by atoms with E-state index in [1.165, 1.54) is 16.4 Å². The van der Waals surface area contributed by atoms with Gasteiger partial charge in [-0.25, -0.2) is 9.47 Å². The highest BCUT2D eigenvalue weighted by Crippen LogP contribution is 2.30. The van der Waals surface area contributed by atoms with Gasteiger partial charge in [0.25, 0.3) is 0 Å². The Morgan fingerprint density at radius 3 is 2.76 bits per heavy atom. The van der Waals surface area contributed by atoms with Gasteiger partial charge < -0.3 is 16.3 Å². The van der Waals surface area contributed by atoms with E-state index in [0.717, 1.165) is 0 Å². The second kappa shape index (κ2) is 6.49. The number of carbonyl (C=O) groups excluding carboxylic acids is 1. The van der Waals surface area contributed by atoms with Crippen molar-refractivity contribution in [1.29, 1.82) is 0 Å². The molecule has 0 bridgehead atoms. The molecule has 0 fully saturated rings. The lowest BCUT2D eigenvalue weighted by Gasteiger charge is -2.09. The third-order valence-corrected chi connectivity index (χ3v) is 3.79. The molecule has 0 spiro atoms. The molecular weight excluding hydrogens is 290 g/mol. The maximum Gasteiger partial charge on any atom is 0.339 e. The number of aryl methyl sites for hydroxylation is 1. The number of benzene rings is 1. The third-order valence-electron chi connectivity index (χ3n) is 2.75. The fraction of sp³-hybridized carbons (Fsp3) is 0.308. The molecule has 0 radical (unpaired) electrons. The van der Waals surface area contributed by atoms with Crippen LogP contribution in [0.2, 0.25) is 0 Å². The van der Waals surface area contributed by atoms with Crippen LogP contribution >= 0.6 is 11.8 Å². The van der Waals surface area contributed by atoms with Crippen molar-refractivity contribution in [3.8, 4) is 0 Å². The molecule has 0 aliphatic carbocycles. The van der Waals surface area contributed by atoms with Crippen molar-refractivity contribution in [3.05, 3.63) is 29.6 Å². The predicted molar refractivity (Wildman–Crippen MR) is 80.5 cm³/mol. The number of aromatic nitrogens is 3. The summed E-state index contributed by atoms with van der Waals surface area (Å²) in [6, 6.07) is 5.04. The zero-order chi connectivity index (χ0) is 15.4. The highest BCUT2D eigenvalue weighted by Gasteiger charge is 2.17. The molecule has 0 saturated heterocycles. The van der Waals surface area contributed by atoms with E-state index in [4.69, 9.17) is 16.3 Å². The fourth-order valence-electron chi connectivity index (χ4n) is 1.72. The number of anilines is 1. The second-order valence-corrected chi connectivity index (χ2v) is 5.21. The van der Waals surface area contributed by atoms with E-state index in [9.17, 15) is 4.79 Å². The Balaban J connectivity index is 2.35. The Bertz CT molecular complexity index is 656. The van der Waals surface area contributed by atoms with Crippen molar-refractivity contribution in [2.45, 2.75) is 30.3 Å². The van der Waals surface area contributed by atoms with Crippen LogP contribution in [0.4, 0.5) is 5.69 Å². The van der Waals surface area contributed by atoms with Crippen LogP contribution in [0.3, 0.4) is 0 Å². The summed E-state index contributed by atoms with van der Waals surface area (Å²) in [5, 5.41) is 8.51. The lowest BCUT2D eigenvalue weighted by Crippen LogP contribution is -2.13. The SMILES string of the molecule is CCOC(=O)c1cc(N)ccc1Sc1nnc(CC)n1N. The maximum absolute atomic E-state index is 12.0. The Kier molecular flexibility index (Phi) is 4.69. The van der Waals surface area contributed by atoms with Crippen molar-refractivity contribution in [2.75, 3.05) is 18.2 Å². The van der Waals surface area contributed by atoms with E-state index in [2.05, 4.69) is 10.2 Å². The molecule has 0 atom stereocenters. The van der Waals surface area contributed by atoms with Gasteiger partial charge in [-0.3, -0.25) is 0 Å². The largest absolute Gasteiger partial charge is 0.462 e. The first kappa shape index (κ1) is 15.2. The molecule has 112 valence electrons. The zero-order valence-corrected chi connectivity index (χ0v) is 12.7. The van der Waals surface area contributed by atoms with Crippen LogP contribution < -0.4 is 11.6 Å². The van der Waals surface area contributed by atoms with E-state index in [1.54, 1.807) is 25.1 Å². The first-order valence-electron chi connectivity index (χ1n) is 6.50. The van der Waals surface area contributed by atoms with E-state index in [1.807, 2.05) is 6.92 Å². The van der Waals surface area contributed by atoms with E-state index in [0.29, 0.717) is 40.2 Å². The third kappa shape index (κ3) is 3.27. The molecule has 7 nitrogen and oxygen atoms in total. The molecule has 1 aromatic heterocycles. The monoisotopic (exact) mass is 307 g/mol. The Morgan fingerprint density at radius 1 is 1.38 bits per heavy atom. The van der Waals surface area contributed by atoms with Gasteiger partial charge in [0.1, 0.15) is 0 Å². The lowest BCUT2D eigenvalue weighted by atomic mass is 10.2. The molecule has 0 aliphatic heterocycles. The Morgan fingerprint density at radius 2 is 2.14 bits per heavy atom. The van der Waals surface area contributed by atoms with Gasteiger partial charge >= 0.3 is 5.97 Å². The lowest BCUT2D eigenvalue weighted by molar-refractivity contribution is 0.0522. The zero-order valence-electron chi connectivity index (χ0n) is 11.9. The van der Waals surface area contributed by atoms with Gasteiger partial charge in [0.05, 0.1) is 12.2 Å². The van der Waals surface area contributed by atoms with Crippen molar-refractivity contribution in [2.24, 2.45) is 0 Å². The van der Waals surface area contributed by atoms with Crippen molar-refractivity contribution in [3.63, 3.8) is 0 Å². The van der Waals surface area contributed by atoms with Gasteiger partial charge in [-0.15, -0.1) is 10.2 Å². The summed E-state index contributed by atoms with van der Waals surface area (Å²) in [5.41, 5.74) is 6.62. The van der Waals surface area contributed by atoms with Crippen LogP contribution in [-0.4, -0.2) is 27.4 Å². The smallest absolute Gasteiger partial charge is 0.339 e. The molecule has 0 saturated carbocycles. The average molecular weight is 307 g/mol. The molecule has 2 rings (SSSR count). The number of nitrogen functional groups attached to an aromatic ring is 2. The van der Waals surface area contributed by atoms with Crippen LogP contribution in [0.1, 0.15) is 30.0 Å². The Labute approximate surface area is 126 Å². The molecular formula is C13H17N5O2S. The molecule has 2 aromatic rings. The van der Waals surface area contributed by atoms with Gasteiger partial charge in [-0.05, 0) is 36.9 Å². The summed E-state index contributed by atoms with van der Waals surface area (Å²) in [4.78, 5) is 12.7. The fourth-order valence-corrected chi connectivity index (χ4v) is 2.59. The number of ether oxygens (including phenoxy) is 1. The number of carbonyl (C=O) groups is 1. The van der Waals surface area contributed by atoms with Gasteiger partial charge in [-0.2, -0.15) is 0 Å². The van der Waals surface area contributed by atoms with Crippen LogP contribution in [-0.2, 0) is 11.2 Å². The number of nitrogens with zero attached hydrogens (tertiary/aromatic N) is 3. The molecule has 21 heavy (non-hydrogen) atoms. The van der Waals surface area contributed by atoms with Gasteiger partial charge in [-0.1, -0.05) is 6.92 Å². The summed E-state index contributed by atoms with van der Waals surface area (Å²) < 4.78 is 6.45. The highest BCUT2D eigenvalue weighted by atomic mass is 32.2.